The minimum absolute atomic E-state index is 0.0164. The van der Waals surface area contributed by atoms with Crippen molar-refractivity contribution in [2.45, 2.75) is 25.3 Å². The number of hydrogen-bond acceptors (Lipinski definition) is 3. The third-order valence-electron chi connectivity index (χ3n) is 4.24. The first-order valence-corrected chi connectivity index (χ1v) is 7.28. The second kappa shape index (κ2) is 6.37. The van der Waals surface area contributed by atoms with Gasteiger partial charge in [0.25, 0.3) is 0 Å². The molecule has 1 aromatic rings. The van der Waals surface area contributed by atoms with Crippen LogP contribution in [0.2, 0.25) is 0 Å². The van der Waals surface area contributed by atoms with Crippen LogP contribution in [-0.2, 0) is 4.79 Å². The van der Waals surface area contributed by atoms with Crippen molar-refractivity contribution >= 4 is 5.91 Å². The summed E-state index contributed by atoms with van der Waals surface area (Å²) in [5.74, 6) is 0.113. The summed E-state index contributed by atoms with van der Waals surface area (Å²) in [7, 11) is 4.04. The van der Waals surface area contributed by atoms with Crippen LogP contribution in [0.1, 0.15) is 30.9 Å². The van der Waals surface area contributed by atoms with Crippen LogP contribution in [0.25, 0.3) is 0 Å². The van der Waals surface area contributed by atoms with Crippen molar-refractivity contribution in [2.24, 2.45) is 11.1 Å². The Balaban J connectivity index is 2.10. The van der Waals surface area contributed by atoms with Crippen molar-refractivity contribution in [3.05, 3.63) is 35.9 Å². The summed E-state index contributed by atoms with van der Waals surface area (Å²) in [5, 5.41) is 3.20. The van der Waals surface area contributed by atoms with Gasteiger partial charge >= 0.3 is 0 Å². The van der Waals surface area contributed by atoms with Crippen molar-refractivity contribution in [3.8, 4) is 0 Å². The van der Waals surface area contributed by atoms with Crippen molar-refractivity contribution in [2.75, 3.05) is 27.2 Å². The average Bonchev–Trinajstić information content (AvgIpc) is 2.38. The molecule has 20 heavy (non-hydrogen) atoms. The lowest BCUT2D eigenvalue weighted by Gasteiger charge is -2.40. The molecule has 1 atom stereocenters. The minimum Gasteiger partial charge on any atom is -0.347 e. The lowest BCUT2D eigenvalue weighted by atomic mass is 9.68. The molecule has 1 aliphatic rings. The van der Waals surface area contributed by atoms with E-state index in [9.17, 15) is 4.79 Å². The van der Waals surface area contributed by atoms with Crippen LogP contribution in [0, 0.1) is 5.41 Å². The molecule has 0 heterocycles. The summed E-state index contributed by atoms with van der Waals surface area (Å²) in [5.41, 5.74) is 6.63. The van der Waals surface area contributed by atoms with Gasteiger partial charge in [0.1, 0.15) is 0 Å². The van der Waals surface area contributed by atoms with E-state index in [4.69, 9.17) is 5.73 Å². The van der Waals surface area contributed by atoms with Gasteiger partial charge in [-0.15, -0.1) is 0 Å². The van der Waals surface area contributed by atoms with Gasteiger partial charge in [-0.1, -0.05) is 36.8 Å². The molecule has 0 saturated heterocycles. The molecule has 1 unspecified atom stereocenters. The van der Waals surface area contributed by atoms with E-state index < -0.39 is 0 Å². The van der Waals surface area contributed by atoms with Gasteiger partial charge in [0, 0.05) is 13.1 Å². The Hall–Kier alpha value is -1.39. The fraction of sp³-hybridized carbons (Fsp3) is 0.562. The summed E-state index contributed by atoms with van der Waals surface area (Å²) in [6, 6.07) is 10.1. The molecule has 0 bridgehead atoms. The van der Waals surface area contributed by atoms with E-state index in [1.165, 1.54) is 0 Å². The Morgan fingerprint density at radius 2 is 2.00 bits per heavy atom. The quantitative estimate of drug-likeness (QED) is 0.828. The number of amides is 1. The summed E-state index contributed by atoms with van der Waals surface area (Å²) < 4.78 is 0. The maximum atomic E-state index is 12.5. The van der Waals surface area contributed by atoms with Crippen LogP contribution in [0.5, 0.6) is 0 Å². The fourth-order valence-electron chi connectivity index (χ4n) is 2.72. The maximum Gasteiger partial charge on any atom is 0.228 e. The number of nitrogens with one attached hydrogen (secondary N) is 1. The zero-order valence-corrected chi connectivity index (χ0v) is 12.4. The number of likely N-dealkylation sites (N-methyl/N-ethyl adjacent to an activating group) is 1. The van der Waals surface area contributed by atoms with E-state index in [1.54, 1.807) is 0 Å². The van der Waals surface area contributed by atoms with Gasteiger partial charge in [0.15, 0.2) is 0 Å². The lowest BCUT2D eigenvalue weighted by Crippen LogP contribution is -2.52. The predicted molar refractivity (Wildman–Crippen MR) is 81.2 cm³/mol. The average molecular weight is 275 g/mol. The van der Waals surface area contributed by atoms with E-state index in [-0.39, 0.29) is 17.4 Å². The van der Waals surface area contributed by atoms with Crippen molar-refractivity contribution in [1.82, 2.24) is 10.2 Å². The minimum atomic E-state index is -0.320. The molecule has 1 aromatic carbocycles. The Kier molecular flexibility index (Phi) is 4.78. The van der Waals surface area contributed by atoms with Crippen LogP contribution >= 0.6 is 0 Å². The maximum absolute atomic E-state index is 12.5. The molecule has 110 valence electrons. The molecule has 1 aliphatic carbocycles. The lowest BCUT2D eigenvalue weighted by molar-refractivity contribution is -0.136. The molecular formula is C16H25N3O. The number of carbonyl (C=O) groups is 1. The van der Waals surface area contributed by atoms with Crippen LogP contribution < -0.4 is 11.1 Å². The second-order valence-corrected chi connectivity index (χ2v) is 6.04. The molecule has 1 saturated carbocycles. The monoisotopic (exact) mass is 275 g/mol. The highest BCUT2D eigenvalue weighted by molar-refractivity contribution is 5.84. The molecular weight excluding hydrogens is 250 g/mol. The molecule has 1 amide bonds. The summed E-state index contributed by atoms with van der Waals surface area (Å²) in [6.45, 7) is 1.23. The zero-order chi connectivity index (χ0) is 14.6. The topological polar surface area (TPSA) is 58.4 Å². The van der Waals surface area contributed by atoms with Gasteiger partial charge in [-0.3, -0.25) is 4.79 Å². The standard InChI is InChI=1S/C16H25N3O/c1-19(2)11-14(13-7-4-3-5-8-13)18-15(20)16(12-17)9-6-10-16/h3-5,7-8,14H,6,9-12,17H2,1-2H3,(H,18,20). The van der Waals surface area contributed by atoms with E-state index in [2.05, 4.69) is 22.3 Å². The smallest absolute Gasteiger partial charge is 0.228 e. The van der Waals surface area contributed by atoms with Crippen molar-refractivity contribution < 1.29 is 4.79 Å². The zero-order valence-electron chi connectivity index (χ0n) is 12.4. The number of hydrogen-bond donors (Lipinski definition) is 2. The van der Waals surface area contributed by atoms with Gasteiger partial charge in [0.2, 0.25) is 5.91 Å². The van der Waals surface area contributed by atoms with Crippen molar-refractivity contribution in [3.63, 3.8) is 0 Å². The first-order chi connectivity index (χ1) is 9.57. The van der Waals surface area contributed by atoms with Crippen LogP contribution in [0.4, 0.5) is 0 Å². The van der Waals surface area contributed by atoms with Crippen LogP contribution in [0.3, 0.4) is 0 Å². The van der Waals surface area contributed by atoms with Gasteiger partial charge < -0.3 is 16.0 Å². The molecule has 3 N–H and O–H groups in total. The molecule has 1 fully saturated rings. The van der Waals surface area contributed by atoms with E-state index in [0.717, 1.165) is 31.4 Å². The van der Waals surface area contributed by atoms with Crippen molar-refractivity contribution in [1.29, 1.82) is 0 Å². The Labute approximate surface area is 121 Å². The highest BCUT2D eigenvalue weighted by Gasteiger charge is 2.43. The molecule has 4 nitrogen and oxygen atoms in total. The van der Waals surface area contributed by atoms with Gasteiger partial charge in [-0.05, 0) is 32.5 Å². The third-order valence-corrected chi connectivity index (χ3v) is 4.24. The number of carbonyl (C=O) groups excluding carboxylic acids is 1. The highest BCUT2D eigenvalue weighted by atomic mass is 16.2. The normalized spacial score (nSPS) is 18.4. The summed E-state index contributed by atoms with van der Waals surface area (Å²) in [6.07, 6.45) is 2.94. The molecule has 4 heteroatoms. The van der Waals surface area contributed by atoms with E-state index in [1.807, 2.05) is 32.3 Å². The SMILES string of the molecule is CN(C)CC(NC(=O)C1(CN)CCC1)c1ccccc1. The number of nitrogens with two attached hydrogens (primary N) is 1. The number of rotatable bonds is 6. The van der Waals surface area contributed by atoms with Crippen LogP contribution in [-0.4, -0.2) is 38.0 Å². The summed E-state index contributed by atoms with van der Waals surface area (Å²) >= 11 is 0. The Bertz CT molecular complexity index is 435. The second-order valence-electron chi connectivity index (χ2n) is 6.04. The molecule has 0 radical (unpaired) electrons. The van der Waals surface area contributed by atoms with Gasteiger partial charge in [-0.2, -0.15) is 0 Å². The molecule has 0 aliphatic heterocycles. The first kappa shape index (κ1) is 15.0. The van der Waals surface area contributed by atoms with Gasteiger partial charge in [0.05, 0.1) is 11.5 Å². The Morgan fingerprint density at radius 3 is 2.45 bits per heavy atom. The fourth-order valence-corrected chi connectivity index (χ4v) is 2.72. The molecule has 0 aromatic heterocycles. The van der Waals surface area contributed by atoms with E-state index in [0.29, 0.717) is 6.54 Å². The predicted octanol–water partition coefficient (Wildman–Crippen LogP) is 1.53. The molecule has 0 spiro atoms. The Morgan fingerprint density at radius 1 is 1.35 bits per heavy atom. The van der Waals surface area contributed by atoms with E-state index >= 15 is 0 Å². The first-order valence-electron chi connectivity index (χ1n) is 7.28. The summed E-state index contributed by atoms with van der Waals surface area (Å²) in [4.78, 5) is 14.6. The highest BCUT2D eigenvalue weighted by Crippen LogP contribution is 2.40. The molecule has 2 rings (SSSR count). The number of nitrogens with zero attached hydrogens (tertiary/aromatic N) is 1. The van der Waals surface area contributed by atoms with Crippen LogP contribution in [0.15, 0.2) is 30.3 Å². The number of benzene rings is 1. The third kappa shape index (κ3) is 3.19. The van der Waals surface area contributed by atoms with Gasteiger partial charge in [-0.25, -0.2) is 0 Å². The largest absolute Gasteiger partial charge is 0.347 e.